The first-order valence-electron chi connectivity index (χ1n) is 14.1. The van der Waals surface area contributed by atoms with E-state index in [9.17, 15) is 9.59 Å². The van der Waals surface area contributed by atoms with Gasteiger partial charge in [0.1, 0.15) is 0 Å². The lowest BCUT2D eigenvalue weighted by Gasteiger charge is -2.35. The number of pyridine rings is 1. The third-order valence-electron chi connectivity index (χ3n) is 7.66. The van der Waals surface area contributed by atoms with Crippen molar-refractivity contribution in [3.05, 3.63) is 59.8 Å². The number of ether oxygens (including phenoxy) is 1. The molecule has 1 aromatic carbocycles. The van der Waals surface area contributed by atoms with E-state index in [4.69, 9.17) is 9.72 Å². The summed E-state index contributed by atoms with van der Waals surface area (Å²) in [7, 11) is 2.13. The number of carbonyl (C=O) groups excluding carboxylic acids is 2. The second-order valence-electron chi connectivity index (χ2n) is 11.2. The molecule has 1 fully saturated rings. The molecule has 1 saturated heterocycles. The summed E-state index contributed by atoms with van der Waals surface area (Å²) >= 11 is 0. The number of hydrogen-bond donors (Lipinski definition) is 2. The molecule has 2 aromatic heterocycles. The van der Waals surface area contributed by atoms with Crippen LogP contribution in [0.2, 0.25) is 0 Å². The molecule has 2 amide bonds. The fourth-order valence-corrected chi connectivity index (χ4v) is 5.14. The van der Waals surface area contributed by atoms with Gasteiger partial charge >= 0.3 is 6.09 Å². The Morgan fingerprint density at radius 1 is 1.15 bits per heavy atom. The van der Waals surface area contributed by atoms with Crippen LogP contribution in [0.4, 0.5) is 16.4 Å². The van der Waals surface area contributed by atoms with Crippen LogP contribution in [-0.2, 0) is 4.74 Å². The van der Waals surface area contributed by atoms with Crippen LogP contribution in [0.1, 0.15) is 56.0 Å². The van der Waals surface area contributed by atoms with Gasteiger partial charge in [-0.2, -0.15) is 4.98 Å². The molecule has 10 nitrogen and oxygen atoms in total. The van der Waals surface area contributed by atoms with E-state index < -0.39 is 0 Å². The minimum atomic E-state index is -0.268. The minimum absolute atomic E-state index is 0.0451. The van der Waals surface area contributed by atoms with Crippen LogP contribution >= 0.6 is 0 Å². The van der Waals surface area contributed by atoms with Gasteiger partial charge in [0.25, 0.3) is 5.91 Å². The number of fused-ring (bicyclic) bond motifs is 1. The van der Waals surface area contributed by atoms with Gasteiger partial charge in [0.2, 0.25) is 5.95 Å². The standard InChI is InChI=1S/C30H39N7O3/c1-20(2)19-40-30(39)36-16-11-22(12-17-36)26-6-5-14-37-27(26)33-29(34-37)32-24-9-7-23(8-10-24)28(38)31-25-13-15-35(4)21(3)18-25/h5-11,14,20-21,25H,12-13,15-19H2,1-4H3,(H,31,38)(H,32,34). The number of piperidine rings is 1. The fourth-order valence-electron chi connectivity index (χ4n) is 5.14. The number of anilines is 2. The Balaban J connectivity index is 1.22. The number of rotatable bonds is 7. The molecule has 2 atom stereocenters. The van der Waals surface area contributed by atoms with Gasteiger partial charge in [-0.05, 0) is 81.1 Å². The fraction of sp³-hybridized carbons (Fsp3) is 0.467. The monoisotopic (exact) mass is 545 g/mol. The molecule has 0 radical (unpaired) electrons. The molecule has 10 heteroatoms. The lowest BCUT2D eigenvalue weighted by atomic mass is 9.98. The van der Waals surface area contributed by atoms with Crippen molar-refractivity contribution in [2.75, 3.05) is 38.6 Å². The van der Waals surface area contributed by atoms with E-state index in [0.29, 0.717) is 49.6 Å². The maximum absolute atomic E-state index is 12.8. The van der Waals surface area contributed by atoms with Gasteiger partial charge in [-0.3, -0.25) is 4.79 Å². The third-order valence-corrected chi connectivity index (χ3v) is 7.66. The van der Waals surface area contributed by atoms with Gasteiger partial charge in [0.05, 0.1) is 6.61 Å². The predicted molar refractivity (Wildman–Crippen MR) is 156 cm³/mol. The average molecular weight is 546 g/mol. The second kappa shape index (κ2) is 12.1. The summed E-state index contributed by atoms with van der Waals surface area (Å²) in [5.74, 6) is 0.736. The van der Waals surface area contributed by atoms with Crippen molar-refractivity contribution in [2.24, 2.45) is 5.92 Å². The number of nitrogens with one attached hydrogen (secondary N) is 2. The van der Waals surface area contributed by atoms with Gasteiger partial charge in [-0.1, -0.05) is 19.9 Å². The number of benzene rings is 1. The van der Waals surface area contributed by atoms with E-state index >= 15 is 0 Å². The first-order chi connectivity index (χ1) is 19.3. The molecule has 0 aliphatic carbocycles. The Morgan fingerprint density at radius 2 is 1.95 bits per heavy atom. The first kappa shape index (κ1) is 27.6. The van der Waals surface area contributed by atoms with Crippen molar-refractivity contribution in [3.63, 3.8) is 0 Å². The smallest absolute Gasteiger partial charge is 0.410 e. The molecule has 0 bridgehead atoms. The highest BCUT2D eigenvalue weighted by Crippen LogP contribution is 2.27. The Hall–Kier alpha value is -3.92. The van der Waals surface area contributed by atoms with Crippen molar-refractivity contribution < 1.29 is 14.3 Å². The van der Waals surface area contributed by atoms with E-state index in [0.717, 1.165) is 41.9 Å². The highest BCUT2D eigenvalue weighted by Gasteiger charge is 2.24. The molecule has 5 rings (SSSR count). The van der Waals surface area contributed by atoms with Crippen molar-refractivity contribution in [3.8, 4) is 0 Å². The molecule has 4 heterocycles. The Morgan fingerprint density at radius 3 is 2.65 bits per heavy atom. The Labute approximate surface area is 235 Å². The molecule has 40 heavy (non-hydrogen) atoms. The number of nitrogens with zero attached hydrogens (tertiary/aromatic N) is 5. The molecule has 2 unspecified atom stereocenters. The predicted octanol–water partition coefficient (Wildman–Crippen LogP) is 4.57. The van der Waals surface area contributed by atoms with Crippen LogP contribution in [-0.4, -0.2) is 81.8 Å². The van der Waals surface area contributed by atoms with E-state index in [-0.39, 0.29) is 18.0 Å². The topological polar surface area (TPSA) is 104 Å². The molecule has 3 aromatic rings. The zero-order chi connectivity index (χ0) is 28.2. The van der Waals surface area contributed by atoms with Crippen LogP contribution in [0.5, 0.6) is 0 Å². The molecule has 212 valence electrons. The van der Waals surface area contributed by atoms with Crippen molar-refractivity contribution in [1.29, 1.82) is 0 Å². The number of hydrogen-bond acceptors (Lipinski definition) is 7. The second-order valence-corrected chi connectivity index (χ2v) is 11.2. The van der Waals surface area contributed by atoms with E-state index in [1.54, 1.807) is 9.42 Å². The summed E-state index contributed by atoms with van der Waals surface area (Å²) < 4.78 is 7.13. The Bertz CT molecular complexity index is 1380. The number of likely N-dealkylation sites (tertiary alicyclic amines) is 1. The largest absolute Gasteiger partial charge is 0.449 e. The van der Waals surface area contributed by atoms with Crippen molar-refractivity contribution in [1.82, 2.24) is 29.7 Å². The van der Waals surface area contributed by atoms with Crippen molar-refractivity contribution >= 4 is 34.9 Å². The maximum Gasteiger partial charge on any atom is 0.410 e. The van der Waals surface area contributed by atoms with Gasteiger partial charge in [-0.15, -0.1) is 5.10 Å². The number of carbonyl (C=O) groups is 2. The lowest BCUT2D eigenvalue weighted by molar-refractivity contribution is 0.0895. The van der Waals surface area contributed by atoms with Crippen LogP contribution in [0.15, 0.2) is 48.7 Å². The van der Waals surface area contributed by atoms with Crippen LogP contribution in [0, 0.1) is 5.92 Å². The summed E-state index contributed by atoms with van der Waals surface area (Å²) in [4.78, 5) is 33.9. The molecular formula is C30H39N7O3. The molecule has 2 N–H and O–H groups in total. The zero-order valence-electron chi connectivity index (χ0n) is 23.8. The average Bonchev–Trinajstić information content (AvgIpc) is 3.36. The van der Waals surface area contributed by atoms with Gasteiger partial charge in [0.15, 0.2) is 5.65 Å². The Kier molecular flexibility index (Phi) is 8.35. The summed E-state index contributed by atoms with van der Waals surface area (Å²) in [6, 6.07) is 12.0. The summed E-state index contributed by atoms with van der Waals surface area (Å²) in [5, 5.41) is 11.0. The molecule has 2 aliphatic heterocycles. The number of amides is 2. The van der Waals surface area contributed by atoms with E-state index in [1.807, 2.05) is 56.4 Å². The minimum Gasteiger partial charge on any atom is -0.449 e. The van der Waals surface area contributed by atoms with E-state index in [1.165, 1.54) is 0 Å². The third kappa shape index (κ3) is 6.44. The number of aromatic nitrogens is 3. The SMILES string of the molecule is CC(C)COC(=O)N1CC=C(c2cccn3nc(Nc4ccc(C(=O)NC5CCN(C)C(C)C5)cc4)nc23)CC1. The molecule has 0 saturated carbocycles. The summed E-state index contributed by atoms with van der Waals surface area (Å²) in [5.41, 5.74) is 4.30. The quantitative estimate of drug-likeness (QED) is 0.448. The summed E-state index contributed by atoms with van der Waals surface area (Å²) in [6.07, 6.45) is 6.31. The normalized spacial score (nSPS) is 19.9. The summed E-state index contributed by atoms with van der Waals surface area (Å²) in [6.45, 7) is 8.76. The van der Waals surface area contributed by atoms with E-state index in [2.05, 4.69) is 40.7 Å². The maximum atomic E-state index is 12.8. The first-order valence-corrected chi connectivity index (χ1v) is 14.1. The van der Waals surface area contributed by atoms with Crippen LogP contribution in [0.25, 0.3) is 11.2 Å². The van der Waals surface area contributed by atoms with Crippen LogP contribution < -0.4 is 10.6 Å². The van der Waals surface area contributed by atoms with Crippen molar-refractivity contribution in [2.45, 2.75) is 52.1 Å². The highest BCUT2D eigenvalue weighted by molar-refractivity contribution is 5.94. The molecule has 2 aliphatic rings. The van der Waals surface area contributed by atoms with Gasteiger partial charge < -0.3 is 25.2 Å². The van der Waals surface area contributed by atoms with Gasteiger partial charge in [0, 0.05) is 54.7 Å². The highest BCUT2D eigenvalue weighted by atomic mass is 16.6. The molecule has 0 spiro atoms. The van der Waals surface area contributed by atoms with Crippen LogP contribution in [0.3, 0.4) is 0 Å². The zero-order valence-corrected chi connectivity index (χ0v) is 23.8. The lowest BCUT2D eigenvalue weighted by Crippen LogP contribution is -2.47. The van der Waals surface area contributed by atoms with Gasteiger partial charge in [-0.25, -0.2) is 9.31 Å². The molecular weight excluding hydrogens is 506 g/mol.